The number of hydrogen-bond acceptors (Lipinski definition) is 13. The molecule has 0 spiro atoms. The first-order valence-corrected chi connectivity index (χ1v) is 37.4. The lowest BCUT2D eigenvalue weighted by molar-refractivity contribution is -0.359. The fourth-order valence-electron chi connectivity index (χ4n) is 11.4. The van der Waals surface area contributed by atoms with E-state index in [1.807, 2.05) is 6.08 Å². The van der Waals surface area contributed by atoms with Crippen molar-refractivity contribution in [3.63, 3.8) is 0 Å². The maximum atomic E-state index is 13.3. The van der Waals surface area contributed by atoms with E-state index in [4.69, 9.17) is 18.9 Å². The van der Waals surface area contributed by atoms with Crippen LogP contribution in [-0.4, -0.2) is 140 Å². The van der Waals surface area contributed by atoms with Gasteiger partial charge in [0.15, 0.2) is 12.6 Å². The molecule has 2 saturated heterocycles. The first-order valence-electron chi connectivity index (χ1n) is 37.4. The van der Waals surface area contributed by atoms with Gasteiger partial charge in [-0.25, -0.2) is 0 Å². The Balaban J connectivity index is 1.71. The van der Waals surface area contributed by atoms with E-state index in [9.17, 15) is 45.6 Å². The lowest BCUT2D eigenvalue weighted by Crippen LogP contribution is -2.65. The van der Waals surface area contributed by atoms with Crippen LogP contribution in [0.3, 0.4) is 0 Å². The Morgan fingerprint density at radius 3 is 1.17 bits per heavy atom. The fourth-order valence-corrected chi connectivity index (χ4v) is 11.4. The molecule has 0 aromatic heterocycles. The highest BCUT2D eigenvalue weighted by molar-refractivity contribution is 5.76. The van der Waals surface area contributed by atoms with Crippen molar-refractivity contribution in [1.82, 2.24) is 5.32 Å². The van der Waals surface area contributed by atoms with Gasteiger partial charge in [0.25, 0.3) is 0 Å². The minimum absolute atomic E-state index is 0.231. The van der Waals surface area contributed by atoms with Gasteiger partial charge >= 0.3 is 0 Å². The van der Waals surface area contributed by atoms with Gasteiger partial charge in [-0.05, 0) is 109 Å². The van der Waals surface area contributed by atoms with E-state index in [0.717, 1.165) is 103 Å². The molecule has 2 aliphatic rings. The molecule has 14 heteroatoms. The maximum Gasteiger partial charge on any atom is 0.220 e. The van der Waals surface area contributed by atoms with E-state index in [0.29, 0.717) is 12.8 Å². The van der Waals surface area contributed by atoms with Crippen molar-refractivity contribution in [1.29, 1.82) is 0 Å². The van der Waals surface area contributed by atoms with Crippen molar-refractivity contribution in [2.24, 2.45) is 0 Å². The van der Waals surface area contributed by atoms with Gasteiger partial charge < -0.3 is 65.1 Å². The molecule has 2 heterocycles. The van der Waals surface area contributed by atoms with Crippen molar-refractivity contribution in [2.75, 3.05) is 19.8 Å². The van der Waals surface area contributed by atoms with Gasteiger partial charge in [0.2, 0.25) is 5.91 Å². The quantitative estimate of drug-likeness (QED) is 0.0204. The molecule has 94 heavy (non-hydrogen) atoms. The summed E-state index contributed by atoms with van der Waals surface area (Å²) in [6.45, 7) is 2.66. The van der Waals surface area contributed by atoms with Crippen molar-refractivity contribution in [2.45, 2.75) is 344 Å². The second-order valence-corrected chi connectivity index (χ2v) is 25.7. The molecule has 0 radical (unpaired) electrons. The van der Waals surface area contributed by atoms with Crippen LogP contribution in [0.2, 0.25) is 0 Å². The number of unbranched alkanes of at least 4 members (excludes halogenated alkanes) is 27. The predicted molar refractivity (Wildman–Crippen MR) is 387 cm³/mol. The van der Waals surface area contributed by atoms with Crippen LogP contribution in [0.15, 0.2) is 134 Å². The molecule has 2 aliphatic heterocycles. The zero-order valence-corrected chi connectivity index (χ0v) is 58.7. The standard InChI is InChI=1S/C80H135NO13/c1-3-5-7-9-11-13-15-17-19-21-23-25-27-29-31-33-34-36-37-39-41-43-45-47-49-51-53-55-57-59-61-63-69(84)68(67-91-79-77(90)75(88)78(71(66-83)93-79)94-80-76(89)74(87)73(86)70(65-82)92-80)81-72(85)64-62-60-58-56-54-52-50-48-46-44-42-40-38-35-32-30-28-26-24-22-20-18-16-14-12-10-8-6-4-2/h6,8,12,14,18,20,24,26,30,32,38,40,44-47,50,52-53,55,61,63,68-71,73-80,82-84,86-90H,3-5,7,9-11,13,15-17,19,21-23,25,27-29,31,33-37,39,41-43,48-49,51,54,56-60,62,64-67H2,1-2H3,(H,81,85)/b8-6-,14-12-,20-18-,26-24-,32-30-,40-38-,46-44-,47-45+,52-50-,55-53+,63-61+. The van der Waals surface area contributed by atoms with Crippen LogP contribution in [-0.2, 0) is 23.7 Å². The van der Waals surface area contributed by atoms with Crippen molar-refractivity contribution in [3.8, 4) is 0 Å². The molecular weight excluding hydrogens is 1180 g/mol. The minimum Gasteiger partial charge on any atom is -0.394 e. The molecule has 2 rings (SSSR count). The summed E-state index contributed by atoms with van der Waals surface area (Å²) in [7, 11) is 0. The second-order valence-electron chi connectivity index (χ2n) is 25.7. The molecule has 12 unspecified atom stereocenters. The summed E-state index contributed by atoms with van der Waals surface area (Å²) in [4.78, 5) is 13.3. The average Bonchev–Trinajstić information content (AvgIpc) is 0.794. The predicted octanol–water partition coefficient (Wildman–Crippen LogP) is 16.2. The molecule has 538 valence electrons. The second kappa shape index (κ2) is 62.6. The van der Waals surface area contributed by atoms with E-state index in [1.165, 1.54) is 135 Å². The number of allylic oxidation sites excluding steroid dienone is 21. The summed E-state index contributed by atoms with van der Waals surface area (Å²) in [6, 6.07) is -0.965. The summed E-state index contributed by atoms with van der Waals surface area (Å²) < 4.78 is 22.8. The highest BCUT2D eigenvalue weighted by Crippen LogP contribution is 2.30. The molecular formula is C80H135NO13. The zero-order valence-electron chi connectivity index (χ0n) is 58.7. The lowest BCUT2D eigenvalue weighted by Gasteiger charge is -2.46. The van der Waals surface area contributed by atoms with Crippen molar-refractivity contribution < 1.29 is 64.6 Å². The molecule has 0 saturated carbocycles. The number of aliphatic hydroxyl groups is 8. The molecule has 1 amide bonds. The van der Waals surface area contributed by atoms with E-state index < -0.39 is 86.8 Å². The minimum atomic E-state index is -1.80. The molecule has 0 aromatic rings. The molecule has 0 bridgehead atoms. The number of rotatable bonds is 60. The number of aliphatic hydroxyl groups excluding tert-OH is 8. The summed E-state index contributed by atoms with van der Waals surface area (Å²) in [6.07, 6.45) is 76.6. The Morgan fingerprint density at radius 2 is 0.745 bits per heavy atom. The van der Waals surface area contributed by atoms with Crippen LogP contribution in [0, 0.1) is 0 Å². The number of hydrogen-bond donors (Lipinski definition) is 9. The topological polar surface area (TPSA) is 228 Å². The van der Waals surface area contributed by atoms with E-state index in [1.54, 1.807) is 6.08 Å². The van der Waals surface area contributed by atoms with E-state index in [2.05, 4.69) is 141 Å². The molecule has 14 nitrogen and oxygen atoms in total. The Labute approximate surface area is 570 Å². The molecule has 12 atom stereocenters. The van der Waals surface area contributed by atoms with Crippen molar-refractivity contribution in [3.05, 3.63) is 134 Å². The molecule has 0 aromatic carbocycles. The first kappa shape index (κ1) is 86.2. The molecule has 2 fully saturated rings. The van der Waals surface area contributed by atoms with Gasteiger partial charge in [-0.3, -0.25) is 4.79 Å². The SMILES string of the molecule is CC/C=C\C/C=C\C/C=C\C/C=C\C/C=C\C/C=C\C/C=C\C/C=C\CCCCCCC(=O)NC(COC1OC(CO)C(OC2OC(CO)C(O)C(O)C2O)C(O)C1O)C(O)/C=C/CC/C=C/CC/C=C/CCCCCCCCCCCCCCCCCCCCCCC. The number of carbonyl (C=O) groups excluding carboxylic acids is 1. The Hall–Kier alpha value is -3.87. The van der Waals surface area contributed by atoms with Crippen LogP contribution in [0.5, 0.6) is 0 Å². The smallest absolute Gasteiger partial charge is 0.220 e. The van der Waals surface area contributed by atoms with Gasteiger partial charge in [-0.2, -0.15) is 0 Å². The Kier molecular flexibility index (Phi) is 57.4. The monoisotopic (exact) mass is 1320 g/mol. The van der Waals surface area contributed by atoms with Gasteiger partial charge in [-0.1, -0.05) is 289 Å². The van der Waals surface area contributed by atoms with Crippen LogP contribution >= 0.6 is 0 Å². The number of carbonyl (C=O) groups is 1. The van der Waals surface area contributed by atoms with Crippen molar-refractivity contribution >= 4 is 5.91 Å². The highest BCUT2D eigenvalue weighted by Gasteiger charge is 2.51. The third-order valence-corrected chi connectivity index (χ3v) is 17.3. The third-order valence-electron chi connectivity index (χ3n) is 17.3. The average molecular weight is 1320 g/mol. The van der Waals surface area contributed by atoms with Crippen LogP contribution in [0.4, 0.5) is 0 Å². The lowest BCUT2D eigenvalue weighted by atomic mass is 9.97. The van der Waals surface area contributed by atoms with E-state index >= 15 is 0 Å². The highest BCUT2D eigenvalue weighted by atomic mass is 16.7. The summed E-state index contributed by atoms with van der Waals surface area (Å²) in [5.41, 5.74) is 0. The number of ether oxygens (including phenoxy) is 4. The normalized spacial score (nSPS) is 23.3. The third kappa shape index (κ3) is 45.6. The van der Waals surface area contributed by atoms with Gasteiger partial charge in [-0.15, -0.1) is 0 Å². The van der Waals surface area contributed by atoms with E-state index in [-0.39, 0.29) is 18.9 Å². The van der Waals surface area contributed by atoms with Crippen LogP contribution < -0.4 is 5.32 Å². The summed E-state index contributed by atoms with van der Waals surface area (Å²) in [5.74, 6) is -0.281. The van der Waals surface area contributed by atoms with Crippen LogP contribution in [0.25, 0.3) is 0 Å². The fraction of sp³-hybridized carbons (Fsp3) is 0.713. The molecule has 9 N–H and O–H groups in total. The van der Waals surface area contributed by atoms with Gasteiger partial charge in [0.1, 0.15) is 48.8 Å². The summed E-state index contributed by atoms with van der Waals surface area (Å²) >= 11 is 0. The first-order chi connectivity index (χ1) is 46.1. The number of nitrogens with one attached hydrogen (secondary N) is 1. The number of amides is 1. The van der Waals surface area contributed by atoms with Gasteiger partial charge in [0.05, 0.1) is 32.0 Å². The summed E-state index contributed by atoms with van der Waals surface area (Å²) in [5, 5.41) is 87.5. The van der Waals surface area contributed by atoms with Crippen LogP contribution in [0.1, 0.15) is 271 Å². The Bertz CT molecular complexity index is 2090. The Morgan fingerprint density at radius 1 is 0.394 bits per heavy atom. The van der Waals surface area contributed by atoms with Gasteiger partial charge in [0, 0.05) is 6.42 Å². The largest absolute Gasteiger partial charge is 0.394 e. The zero-order chi connectivity index (χ0) is 68.0. The molecule has 0 aliphatic carbocycles. The maximum absolute atomic E-state index is 13.3.